The van der Waals surface area contributed by atoms with Gasteiger partial charge in [0.05, 0.1) is 5.56 Å². The molecule has 0 aliphatic heterocycles. The Kier molecular flexibility index (Phi) is 5.58. The van der Waals surface area contributed by atoms with Crippen molar-refractivity contribution in [2.75, 3.05) is 6.54 Å². The van der Waals surface area contributed by atoms with Crippen molar-refractivity contribution in [1.29, 1.82) is 0 Å². The van der Waals surface area contributed by atoms with Gasteiger partial charge in [-0.25, -0.2) is 26.7 Å². The van der Waals surface area contributed by atoms with Gasteiger partial charge < -0.3 is 5.11 Å². The summed E-state index contributed by atoms with van der Waals surface area (Å²) in [6.45, 7) is 2.01. The van der Waals surface area contributed by atoms with Crippen molar-refractivity contribution in [1.82, 2.24) is 4.72 Å². The fourth-order valence-corrected chi connectivity index (χ4v) is 2.73. The van der Waals surface area contributed by atoms with Gasteiger partial charge in [-0.3, -0.25) is 0 Å². The summed E-state index contributed by atoms with van der Waals surface area (Å²) in [7, 11) is -4.28. The summed E-state index contributed by atoms with van der Waals surface area (Å²) >= 11 is 0. The Morgan fingerprint density at radius 2 is 1.95 bits per heavy atom. The number of hydrogen-bond acceptors (Lipinski definition) is 3. The van der Waals surface area contributed by atoms with Crippen LogP contribution in [-0.4, -0.2) is 26.0 Å². The van der Waals surface area contributed by atoms with Crippen LogP contribution in [-0.2, 0) is 10.0 Å². The number of rotatable bonds is 7. The highest BCUT2D eigenvalue weighted by atomic mass is 32.2. The smallest absolute Gasteiger partial charge is 0.335 e. The van der Waals surface area contributed by atoms with E-state index in [0.717, 1.165) is 12.8 Å². The molecule has 0 aromatic heterocycles. The zero-order valence-electron chi connectivity index (χ0n) is 10.8. The largest absolute Gasteiger partial charge is 0.478 e. The molecule has 8 heteroatoms. The zero-order chi connectivity index (χ0) is 15.3. The molecule has 0 aliphatic carbocycles. The second-order valence-electron chi connectivity index (χ2n) is 4.18. The highest BCUT2D eigenvalue weighted by Gasteiger charge is 2.24. The number of carbonyl (C=O) groups is 1. The first-order chi connectivity index (χ1) is 9.29. The lowest BCUT2D eigenvalue weighted by Gasteiger charge is -2.09. The molecule has 0 radical (unpaired) electrons. The summed E-state index contributed by atoms with van der Waals surface area (Å²) in [4.78, 5) is 9.74. The molecule has 0 heterocycles. The quantitative estimate of drug-likeness (QED) is 0.756. The summed E-state index contributed by atoms with van der Waals surface area (Å²) in [5.74, 6) is -4.64. The monoisotopic (exact) mass is 307 g/mol. The first kappa shape index (κ1) is 16.5. The van der Waals surface area contributed by atoms with Gasteiger partial charge in [0, 0.05) is 6.54 Å². The van der Waals surface area contributed by atoms with Crippen LogP contribution in [0.3, 0.4) is 0 Å². The van der Waals surface area contributed by atoms with Gasteiger partial charge in [0.2, 0.25) is 10.0 Å². The van der Waals surface area contributed by atoms with Gasteiger partial charge in [0.1, 0.15) is 4.90 Å². The predicted octanol–water partition coefficient (Wildman–Crippen LogP) is 2.13. The molecule has 2 N–H and O–H groups in total. The Morgan fingerprint density at radius 1 is 1.30 bits per heavy atom. The van der Waals surface area contributed by atoms with Gasteiger partial charge in [-0.05, 0) is 18.6 Å². The number of carboxylic acid groups (broad SMARTS) is 1. The van der Waals surface area contributed by atoms with Gasteiger partial charge in [-0.15, -0.1) is 0 Å². The second kappa shape index (κ2) is 6.76. The third kappa shape index (κ3) is 3.97. The minimum absolute atomic E-state index is 0.0779. The lowest BCUT2D eigenvalue weighted by Crippen LogP contribution is -2.26. The normalized spacial score (nSPS) is 11.6. The third-order valence-electron chi connectivity index (χ3n) is 2.60. The number of carboxylic acids is 1. The van der Waals surface area contributed by atoms with Crippen molar-refractivity contribution in [3.8, 4) is 0 Å². The molecule has 112 valence electrons. The van der Waals surface area contributed by atoms with Crippen LogP contribution < -0.4 is 4.72 Å². The van der Waals surface area contributed by atoms with Gasteiger partial charge in [-0.2, -0.15) is 0 Å². The molecule has 0 bridgehead atoms. The number of halogens is 2. The average molecular weight is 307 g/mol. The fourth-order valence-electron chi connectivity index (χ4n) is 1.54. The van der Waals surface area contributed by atoms with Crippen LogP contribution in [0.5, 0.6) is 0 Å². The van der Waals surface area contributed by atoms with Gasteiger partial charge in [-0.1, -0.05) is 19.8 Å². The number of unbranched alkanes of at least 4 members (excludes halogenated alkanes) is 2. The average Bonchev–Trinajstić information content (AvgIpc) is 2.37. The van der Waals surface area contributed by atoms with Crippen molar-refractivity contribution in [3.05, 3.63) is 29.3 Å². The van der Waals surface area contributed by atoms with Gasteiger partial charge in [0.15, 0.2) is 11.6 Å². The summed E-state index contributed by atoms with van der Waals surface area (Å²) < 4.78 is 52.6. The lowest BCUT2D eigenvalue weighted by molar-refractivity contribution is 0.0696. The molecule has 1 rings (SSSR count). The Balaban J connectivity index is 3.07. The van der Waals surface area contributed by atoms with Crippen LogP contribution in [0.15, 0.2) is 17.0 Å². The maximum absolute atomic E-state index is 13.5. The fraction of sp³-hybridized carbons (Fsp3) is 0.417. The van der Waals surface area contributed by atoms with Gasteiger partial charge in [0.25, 0.3) is 0 Å². The predicted molar refractivity (Wildman–Crippen MR) is 68.0 cm³/mol. The molecule has 0 fully saturated rings. The Morgan fingerprint density at radius 3 is 2.50 bits per heavy atom. The van der Waals surface area contributed by atoms with E-state index in [1.807, 2.05) is 6.92 Å². The Labute approximate surface area is 115 Å². The van der Waals surface area contributed by atoms with E-state index in [1.165, 1.54) is 0 Å². The highest BCUT2D eigenvalue weighted by molar-refractivity contribution is 7.89. The molecule has 0 saturated heterocycles. The number of aromatic carboxylic acids is 1. The van der Waals surface area contributed by atoms with E-state index >= 15 is 0 Å². The summed E-state index contributed by atoms with van der Waals surface area (Å²) in [6, 6.07) is 1.04. The molecular formula is C12H15F2NO4S. The molecule has 0 atom stereocenters. The molecule has 0 unspecified atom stereocenters. The number of benzene rings is 1. The topological polar surface area (TPSA) is 83.5 Å². The molecule has 0 amide bonds. The summed E-state index contributed by atoms with van der Waals surface area (Å²) in [6.07, 6.45) is 2.21. The van der Waals surface area contributed by atoms with E-state index in [0.29, 0.717) is 18.6 Å². The van der Waals surface area contributed by atoms with Crippen LogP contribution in [0.25, 0.3) is 0 Å². The van der Waals surface area contributed by atoms with Crippen LogP contribution in [0, 0.1) is 11.6 Å². The third-order valence-corrected chi connectivity index (χ3v) is 4.06. The molecular weight excluding hydrogens is 292 g/mol. The second-order valence-corrected chi connectivity index (χ2v) is 5.92. The van der Waals surface area contributed by atoms with Crippen LogP contribution >= 0.6 is 0 Å². The molecule has 0 saturated carbocycles. The molecule has 1 aromatic carbocycles. The molecule has 5 nitrogen and oxygen atoms in total. The highest BCUT2D eigenvalue weighted by Crippen LogP contribution is 2.20. The minimum atomic E-state index is -4.28. The standard InChI is InChI=1S/C12H15F2NO4S/c1-2-3-4-5-15-20(18,19)10-7-8(12(16)17)6-9(13)11(10)14/h6-7,15H,2-5H2,1H3,(H,16,17). The Bertz CT molecular complexity index is 602. The minimum Gasteiger partial charge on any atom is -0.478 e. The van der Waals surface area contributed by atoms with E-state index in [2.05, 4.69) is 4.72 Å². The first-order valence-corrected chi connectivity index (χ1v) is 7.50. The van der Waals surface area contributed by atoms with Crippen molar-refractivity contribution in [3.63, 3.8) is 0 Å². The van der Waals surface area contributed by atoms with E-state index in [1.54, 1.807) is 0 Å². The molecule has 1 aromatic rings. The summed E-state index contributed by atoms with van der Waals surface area (Å²) in [5.41, 5.74) is -0.627. The molecule has 20 heavy (non-hydrogen) atoms. The number of sulfonamides is 1. The van der Waals surface area contributed by atoms with Gasteiger partial charge >= 0.3 is 5.97 Å². The van der Waals surface area contributed by atoms with Crippen molar-refractivity contribution in [2.24, 2.45) is 0 Å². The van der Waals surface area contributed by atoms with Crippen molar-refractivity contribution in [2.45, 2.75) is 31.1 Å². The van der Waals surface area contributed by atoms with Crippen LogP contribution in [0.1, 0.15) is 36.5 Å². The van der Waals surface area contributed by atoms with Crippen LogP contribution in [0.4, 0.5) is 8.78 Å². The van der Waals surface area contributed by atoms with Crippen molar-refractivity contribution < 1.29 is 27.1 Å². The first-order valence-electron chi connectivity index (χ1n) is 6.01. The lowest BCUT2D eigenvalue weighted by atomic mass is 10.2. The van der Waals surface area contributed by atoms with E-state index in [9.17, 15) is 22.0 Å². The summed E-state index contributed by atoms with van der Waals surface area (Å²) in [5, 5.41) is 8.73. The zero-order valence-corrected chi connectivity index (χ0v) is 11.6. The Hall–Kier alpha value is -1.54. The maximum Gasteiger partial charge on any atom is 0.335 e. The number of nitrogens with one attached hydrogen (secondary N) is 1. The van der Waals surface area contributed by atoms with Crippen molar-refractivity contribution >= 4 is 16.0 Å². The van der Waals surface area contributed by atoms with E-state index in [-0.39, 0.29) is 6.54 Å². The van der Waals surface area contributed by atoms with E-state index in [4.69, 9.17) is 5.11 Å². The van der Waals surface area contributed by atoms with Crippen LogP contribution in [0.2, 0.25) is 0 Å². The SMILES string of the molecule is CCCCCNS(=O)(=O)c1cc(C(=O)O)cc(F)c1F. The molecule has 0 spiro atoms. The van der Waals surface area contributed by atoms with E-state index < -0.39 is 38.1 Å². The maximum atomic E-state index is 13.5. The number of hydrogen-bond donors (Lipinski definition) is 2. The molecule has 0 aliphatic rings.